The van der Waals surface area contributed by atoms with E-state index in [9.17, 15) is 0 Å². The van der Waals surface area contributed by atoms with Crippen LogP contribution in [-0.2, 0) is 11.3 Å². The maximum atomic E-state index is 5.93. The Balaban J connectivity index is 2.50. The number of aromatic nitrogens is 3. The number of nitrogens with two attached hydrogens (primary N) is 1. The molecule has 98 valence electrons. The highest BCUT2D eigenvalue weighted by atomic mass is 16.5. The van der Waals surface area contributed by atoms with Gasteiger partial charge >= 0.3 is 0 Å². The lowest BCUT2D eigenvalue weighted by Gasteiger charge is -2.14. The summed E-state index contributed by atoms with van der Waals surface area (Å²) in [7, 11) is 0. The minimum atomic E-state index is 0.153. The molecule has 18 heavy (non-hydrogen) atoms. The third-order valence-corrected chi connectivity index (χ3v) is 3.33. The average Bonchev–Trinajstić information content (AvgIpc) is 2.56. The number of nitrogen functional groups attached to an aromatic ring is 1. The molecule has 2 N–H and O–H groups in total. The number of nitrogens with zero attached hydrogens (tertiary/aromatic N) is 3. The number of rotatable bonds is 4. The van der Waals surface area contributed by atoms with Gasteiger partial charge < -0.3 is 15.0 Å². The molecule has 0 aliphatic rings. The second-order valence-electron chi connectivity index (χ2n) is 4.54. The number of anilines is 1. The maximum absolute atomic E-state index is 5.93. The molecule has 5 heteroatoms. The van der Waals surface area contributed by atoms with Crippen LogP contribution >= 0.6 is 0 Å². The van der Waals surface area contributed by atoms with Crippen LogP contribution in [0.5, 0.6) is 0 Å². The van der Waals surface area contributed by atoms with Crippen LogP contribution in [0, 0.1) is 13.8 Å². The molecule has 0 saturated carbocycles. The largest absolute Gasteiger partial charge is 0.383 e. The van der Waals surface area contributed by atoms with E-state index >= 15 is 0 Å². The van der Waals surface area contributed by atoms with Crippen LogP contribution in [0.1, 0.15) is 25.1 Å². The predicted molar refractivity (Wildman–Crippen MR) is 72.5 cm³/mol. The Labute approximate surface area is 107 Å². The standard InChI is InChI=1S/C13H20N4O/c1-5-18-8(2)6-17-10(4)9(3)11-12(14)15-7-16-13(11)17/h7-8H,5-6H2,1-4H3,(H2,14,15,16). The highest BCUT2D eigenvalue weighted by molar-refractivity contribution is 5.90. The van der Waals surface area contributed by atoms with E-state index in [-0.39, 0.29) is 6.10 Å². The van der Waals surface area contributed by atoms with Crippen LogP contribution in [0.4, 0.5) is 5.82 Å². The van der Waals surface area contributed by atoms with Gasteiger partial charge in [-0.05, 0) is 33.3 Å². The van der Waals surface area contributed by atoms with Gasteiger partial charge in [-0.25, -0.2) is 9.97 Å². The molecule has 0 aromatic carbocycles. The SMILES string of the molecule is CCOC(C)Cn1c(C)c(C)c2c(N)ncnc21. The molecule has 0 bridgehead atoms. The number of fused-ring (bicyclic) bond motifs is 1. The Morgan fingerprint density at radius 2 is 2.11 bits per heavy atom. The molecule has 0 aliphatic carbocycles. The summed E-state index contributed by atoms with van der Waals surface area (Å²) in [6.07, 6.45) is 1.66. The van der Waals surface area contributed by atoms with Gasteiger partial charge in [0, 0.05) is 12.3 Å². The van der Waals surface area contributed by atoms with E-state index in [4.69, 9.17) is 10.5 Å². The number of hydrogen-bond acceptors (Lipinski definition) is 4. The minimum Gasteiger partial charge on any atom is -0.383 e. The minimum absolute atomic E-state index is 0.153. The quantitative estimate of drug-likeness (QED) is 0.899. The molecule has 2 aromatic rings. The second kappa shape index (κ2) is 4.94. The van der Waals surface area contributed by atoms with Gasteiger partial charge in [0.1, 0.15) is 17.8 Å². The van der Waals surface area contributed by atoms with Gasteiger partial charge in [-0.2, -0.15) is 0 Å². The smallest absolute Gasteiger partial charge is 0.146 e. The first kappa shape index (κ1) is 12.8. The molecule has 0 saturated heterocycles. The normalized spacial score (nSPS) is 13.1. The Bertz CT molecular complexity index is 562. The highest BCUT2D eigenvalue weighted by Crippen LogP contribution is 2.27. The summed E-state index contributed by atoms with van der Waals surface area (Å²) in [5.41, 5.74) is 9.14. The van der Waals surface area contributed by atoms with Gasteiger partial charge in [-0.3, -0.25) is 0 Å². The molecule has 0 amide bonds. The number of ether oxygens (including phenoxy) is 1. The van der Waals surface area contributed by atoms with Crippen molar-refractivity contribution in [2.45, 2.75) is 40.3 Å². The van der Waals surface area contributed by atoms with Crippen molar-refractivity contribution < 1.29 is 4.74 Å². The van der Waals surface area contributed by atoms with Crippen molar-refractivity contribution in [2.24, 2.45) is 0 Å². The van der Waals surface area contributed by atoms with Gasteiger partial charge in [-0.1, -0.05) is 0 Å². The fourth-order valence-corrected chi connectivity index (χ4v) is 2.31. The molecule has 0 aliphatic heterocycles. The van der Waals surface area contributed by atoms with Crippen LogP contribution in [0.25, 0.3) is 11.0 Å². The monoisotopic (exact) mass is 248 g/mol. The van der Waals surface area contributed by atoms with Crippen molar-refractivity contribution in [3.63, 3.8) is 0 Å². The molecular formula is C13H20N4O. The van der Waals surface area contributed by atoms with Gasteiger partial charge in [0.15, 0.2) is 0 Å². The topological polar surface area (TPSA) is 66.0 Å². The molecular weight excluding hydrogens is 228 g/mol. The number of hydrogen-bond donors (Lipinski definition) is 1. The van der Waals surface area contributed by atoms with E-state index < -0.39 is 0 Å². The zero-order valence-corrected chi connectivity index (χ0v) is 11.4. The van der Waals surface area contributed by atoms with Gasteiger partial charge in [0.2, 0.25) is 0 Å². The fraction of sp³-hybridized carbons (Fsp3) is 0.538. The second-order valence-corrected chi connectivity index (χ2v) is 4.54. The lowest BCUT2D eigenvalue weighted by Crippen LogP contribution is -2.17. The van der Waals surface area contributed by atoms with E-state index in [1.54, 1.807) is 0 Å². The van der Waals surface area contributed by atoms with Gasteiger partial charge in [-0.15, -0.1) is 0 Å². The fourth-order valence-electron chi connectivity index (χ4n) is 2.31. The Morgan fingerprint density at radius 1 is 1.39 bits per heavy atom. The van der Waals surface area contributed by atoms with Crippen LogP contribution in [-0.4, -0.2) is 27.2 Å². The van der Waals surface area contributed by atoms with Crippen LogP contribution in [0.3, 0.4) is 0 Å². The number of aryl methyl sites for hydroxylation is 1. The van der Waals surface area contributed by atoms with E-state index in [0.29, 0.717) is 5.82 Å². The summed E-state index contributed by atoms with van der Waals surface area (Å²) < 4.78 is 7.75. The molecule has 1 atom stereocenters. The van der Waals surface area contributed by atoms with Crippen molar-refractivity contribution in [1.82, 2.24) is 14.5 Å². The zero-order valence-electron chi connectivity index (χ0n) is 11.4. The zero-order chi connectivity index (χ0) is 13.3. The van der Waals surface area contributed by atoms with E-state index in [1.807, 2.05) is 6.92 Å². The first-order valence-corrected chi connectivity index (χ1v) is 6.23. The Hall–Kier alpha value is -1.62. The Kier molecular flexibility index (Phi) is 3.52. The first-order valence-electron chi connectivity index (χ1n) is 6.23. The van der Waals surface area contributed by atoms with E-state index in [2.05, 4.69) is 35.3 Å². The van der Waals surface area contributed by atoms with Crippen molar-refractivity contribution in [3.05, 3.63) is 17.6 Å². The summed E-state index contributed by atoms with van der Waals surface area (Å²) >= 11 is 0. The third-order valence-electron chi connectivity index (χ3n) is 3.33. The highest BCUT2D eigenvalue weighted by Gasteiger charge is 2.16. The average molecular weight is 248 g/mol. The van der Waals surface area contributed by atoms with Crippen LogP contribution in [0.2, 0.25) is 0 Å². The first-order chi connectivity index (χ1) is 8.56. The van der Waals surface area contributed by atoms with E-state index in [0.717, 1.165) is 29.7 Å². The van der Waals surface area contributed by atoms with Crippen molar-refractivity contribution >= 4 is 16.9 Å². The van der Waals surface area contributed by atoms with Crippen LogP contribution in [0.15, 0.2) is 6.33 Å². The van der Waals surface area contributed by atoms with E-state index in [1.165, 1.54) is 12.0 Å². The Morgan fingerprint density at radius 3 is 2.78 bits per heavy atom. The maximum Gasteiger partial charge on any atom is 0.146 e. The van der Waals surface area contributed by atoms with Crippen molar-refractivity contribution in [1.29, 1.82) is 0 Å². The molecule has 1 unspecified atom stereocenters. The van der Waals surface area contributed by atoms with Gasteiger partial charge in [0.05, 0.1) is 18.0 Å². The summed E-state index contributed by atoms with van der Waals surface area (Å²) in [5.74, 6) is 0.545. The lowest BCUT2D eigenvalue weighted by molar-refractivity contribution is 0.0644. The lowest BCUT2D eigenvalue weighted by atomic mass is 10.2. The van der Waals surface area contributed by atoms with Crippen LogP contribution < -0.4 is 5.73 Å². The molecule has 2 aromatic heterocycles. The summed E-state index contributed by atoms with van der Waals surface area (Å²) in [6.45, 7) is 9.70. The molecule has 0 spiro atoms. The summed E-state index contributed by atoms with van der Waals surface area (Å²) in [4.78, 5) is 8.41. The van der Waals surface area contributed by atoms with Crippen molar-refractivity contribution in [2.75, 3.05) is 12.3 Å². The summed E-state index contributed by atoms with van der Waals surface area (Å²) in [5, 5.41) is 0.957. The summed E-state index contributed by atoms with van der Waals surface area (Å²) in [6, 6.07) is 0. The molecule has 0 fully saturated rings. The molecule has 2 heterocycles. The van der Waals surface area contributed by atoms with Gasteiger partial charge in [0.25, 0.3) is 0 Å². The van der Waals surface area contributed by atoms with Crippen molar-refractivity contribution in [3.8, 4) is 0 Å². The third kappa shape index (κ3) is 2.06. The molecule has 0 radical (unpaired) electrons. The predicted octanol–water partition coefficient (Wildman–Crippen LogP) is 2.06. The molecule has 5 nitrogen and oxygen atoms in total. The molecule has 2 rings (SSSR count).